The lowest BCUT2D eigenvalue weighted by atomic mass is 9.48. The van der Waals surface area contributed by atoms with E-state index in [1.807, 2.05) is 50.2 Å². The number of hydrogen-bond acceptors (Lipinski definition) is 2. The monoisotopic (exact) mass is 413 g/mol. The highest BCUT2D eigenvalue weighted by atomic mass is 35.5. The first-order valence-corrected chi connectivity index (χ1v) is 10.6. The normalized spacial score (nSPS) is 28.4. The lowest BCUT2D eigenvalue weighted by Crippen LogP contribution is -2.49. The van der Waals surface area contributed by atoms with Gasteiger partial charge < -0.3 is 0 Å². The molecule has 3 aromatic carbocycles. The van der Waals surface area contributed by atoms with Crippen LogP contribution in [-0.2, 0) is 9.59 Å². The van der Waals surface area contributed by atoms with Gasteiger partial charge in [0.15, 0.2) is 0 Å². The summed E-state index contributed by atoms with van der Waals surface area (Å²) in [6.07, 6.45) is 0. The van der Waals surface area contributed by atoms with Crippen LogP contribution >= 0.6 is 11.6 Å². The van der Waals surface area contributed by atoms with E-state index in [1.165, 1.54) is 27.2 Å². The molecule has 2 amide bonds. The van der Waals surface area contributed by atoms with Crippen molar-refractivity contribution in [2.24, 2.45) is 11.3 Å². The van der Waals surface area contributed by atoms with E-state index in [1.54, 1.807) is 6.07 Å². The van der Waals surface area contributed by atoms with Crippen LogP contribution in [0.3, 0.4) is 0 Å². The Labute approximate surface area is 180 Å². The predicted octanol–water partition coefficient (Wildman–Crippen LogP) is 5.44. The zero-order chi connectivity index (χ0) is 20.8. The van der Waals surface area contributed by atoms with Gasteiger partial charge in [0.1, 0.15) is 0 Å². The number of rotatable bonds is 1. The highest BCUT2D eigenvalue weighted by molar-refractivity contribution is 6.32. The number of benzene rings is 3. The van der Waals surface area contributed by atoms with Gasteiger partial charge in [0.2, 0.25) is 11.8 Å². The van der Waals surface area contributed by atoms with Crippen molar-refractivity contribution in [3.63, 3.8) is 0 Å². The number of nitrogens with zero attached hydrogens (tertiary/aromatic N) is 1. The molecule has 0 radical (unpaired) electrons. The third kappa shape index (κ3) is 1.96. The van der Waals surface area contributed by atoms with Gasteiger partial charge >= 0.3 is 0 Å². The van der Waals surface area contributed by atoms with Gasteiger partial charge in [0.05, 0.1) is 17.0 Å². The second-order valence-corrected chi connectivity index (χ2v) is 9.25. The van der Waals surface area contributed by atoms with Crippen molar-refractivity contribution in [2.75, 3.05) is 4.90 Å². The largest absolute Gasteiger partial charge is 0.274 e. The Hall–Kier alpha value is -2.91. The first-order valence-electron chi connectivity index (χ1n) is 10.3. The Morgan fingerprint density at radius 3 is 2.00 bits per heavy atom. The van der Waals surface area contributed by atoms with E-state index in [2.05, 4.69) is 24.3 Å². The highest BCUT2D eigenvalue weighted by Gasteiger charge is 2.68. The lowest BCUT2D eigenvalue weighted by Gasteiger charge is -2.51. The van der Waals surface area contributed by atoms with Gasteiger partial charge in [-0.15, -0.1) is 0 Å². The van der Waals surface area contributed by atoms with Crippen molar-refractivity contribution in [1.82, 2.24) is 0 Å². The Balaban J connectivity index is 1.61. The van der Waals surface area contributed by atoms with Crippen LogP contribution in [0.4, 0.5) is 5.69 Å². The number of hydrogen-bond donors (Lipinski definition) is 0. The second-order valence-electron chi connectivity index (χ2n) is 8.84. The minimum Gasteiger partial charge on any atom is -0.274 e. The quantitative estimate of drug-likeness (QED) is 0.498. The van der Waals surface area contributed by atoms with E-state index < -0.39 is 11.3 Å². The zero-order valence-corrected chi connectivity index (χ0v) is 17.5. The Morgan fingerprint density at radius 1 is 0.867 bits per heavy atom. The Morgan fingerprint density at radius 2 is 1.43 bits per heavy atom. The third-order valence-corrected chi connectivity index (χ3v) is 7.83. The van der Waals surface area contributed by atoms with E-state index in [0.29, 0.717) is 10.7 Å². The molecule has 3 aromatic rings. The van der Waals surface area contributed by atoms with Crippen LogP contribution in [0.25, 0.3) is 0 Å². The summed E-state index contributed by atoms with van der Waals surface area (Å²) in [6, 6.07) is 22.0. The molecule has 0 aromatic heterocycles. The molecular formula is C26H20ClNO2. The molecule has 1 aliphatic heterocycles. The maximum atomic E-state index is 13.9. The van der Waals surface area contributed by atoms with Gasteiger partial charge in [-0.25, -0.2) is 4.90 Å². The number of amides is 2. The van der Waals surface area contributed by atoms with Gasteiger partial charge in [-0.2, -0.15) is 0 Å². The van der Waals surface area contributed by atoms with Crippen LogP contribution in [0.5, 0.6) is 0 Å². The average molecular weight is 414 g/mol. The molecule has 1 saturated heterocycles. The number of aryl methyl sites for hydroxylation is 1. The van der Waals surface area contributed by atoms with Gasteiger partial charge in [-0.3, -0.25) is 9.59 Å². The van der Waals surface area contributed by atoms with Crippen molar-refractivity contribution in [1.29, 1.82) is 0 Å². The standard InChI is InChI=1S/C26H20ClNO2/c1-14-11-12-15(13-20(14)27)28-24(29)23-21-16-7-3-5-9-18(16)22(26(23,2)25(28)30)19-10-6-4-8-17(19)21/h3-13,21-23H,1-2H3. The van der Waals surface area contributed by atoms with Crippen molar-refractivity contribution in [2.45, 2.75) is 25.7 Å². The number of halogens is 1. The minimum absolute atomic E-state index is 0.116. The zero-order valence-electron chi connectivity index (χ0n) is 16.7. The molecule has 148 valence electrons. The molecule has 0 N–H and O–H groups in total. The van der Waals surface area contributed by atoms with Crippen LogP contribution in [0, 0.1) is 18.3 Å². The maximum Gasteiger partial charge on any atom is 0.241 e. The van der Waals surface area contributed by atoms with Crippen LogP contribution < -0.4 is 4.90 Å². The fraction of sp³-hybridized carbons (Fsp3) is 0.231. The van der Waals surface area contributed by atoms with Gasteiger partial charge in [0, 0.05) is 16.9 Å². The Kier molecular flexibility index (Phi) is 3.48. The summed E-state index contributed by atoms with van der Waals surface area (Å²) in [7, 11) is 0. The summed E-state index contributed by atoms with van der Waals surface area (Å²) in [5.41, 5.74) is 5.35. The molecule has 1 fully saturated rings. The topological polar surface area (TPSA) is 37.4 Å². The fourth-order valence-corrected chi connectivity index (χ4v) is 6.26. The molecule has 7 rings (SSSR count). The summed E-state index contributed by atoms with van der Waals surface area (Å²) >= 11 is 6.34. The van der Waals surface area contributed by atoms with E-state index in [9.17, 15) is 9.59 Å². The summed E-state index contributed by atoms with van der Waals surface area (Å²) in [5, 5.41) is 0.558. The summed E-state index contributed by atoms with van der Waals surface area (Å²) in [4.78, 5) is 29.1. The third-order valence-electron chi connectivity index (χ3n) is 7.43. The lowest BCUT2D eigenvalue weighted by molar-refractivity contribution is -0.128. The first-order chi connectivity index (χ1) is 14.4. The molecular weight excluding hydrogens is 394 g/mol. The number of anilines is 1. The van der Waals surface area contributed by atoms with Crippen LogP contribution in [-0.4, -0.2) is 11.8 Å². The van der Waals surface area contributed by atoms with Gasteiger partial charge in [0.25, 0.3) is 0 Å². The van der Waals surface area contributed by atoms with Crippen molar-refractivity contribution < 1.29 is 9.59 Å². The molecule has 4 heteroatoms. The van der Waals surface area contributed by atoms with E-state index in [-0.39, 0.29) is 23.7 Å². The van der Waals surface area contributed by atoms with E-state index in [0.717, 1.165) is 5.56 Å². The van der Waals surface area contributed by atoms with Crippen molar-refractivity contribution in [3.05, 3.63) is 99.6 Å². The smallest absolute Gasteiger partial charge is 0.241 e. The minimum atomic E-state index is -0.818. The molecule has 4 aliphatic rings. The second kappa shape index (κ2) is 5.83. The molecule has 0 spiro atoms. The van der Waals surface area contributed by atoms with E-state index in [4.69, 9.17) is 11.6 Å². The predicted molar refractivity (Wildman–Crippen MR) is 117 cm³/mol. The Bertz CT molecular complexity index is 1220. The fourth-order valence-electron chi connectivity index (χ4n) is 6.08. The van der Waals surface area contributed by atoms with Crippen LogP contribution in [0.1, 0.15) is 46.6 Å². The molecule has 30 heavy (non-hydrogen) atoms. The van der Waals surface area contributed by atoms with Gasteiger partial charge in [-0.05, 0) is 53.8 Å². The number of carbonyl (C=O) groups is 2. The summed E-state index contributed by atoms with van der Waals surface area (Å²) in [6.45, 7) is 3.89. The molecule has 2 atom stereocenters. The molecule has 2 unspecified atom stereocenters. The molecule has 2 bridgehead atoms. The molecule has 3 aliphatic carbocycles. The molecule has 1 heterocycles. The number of imide groups is 1. The average Bonchev–Trinajstić information content (AvgIpc) is 2.96. The van der Waals surface area contributed by atoms with Crippen LogP contribution in [0.15, 0.2) is 66.7 Å². The van der Waals surface area contributed by atoms with E-state index >= 15 is 0 Å². The van der Waals surface area contributed by atoms with Gasteiger partial charge in [-0.1, -0.05) is 66.2 Å². The van der Waals surface area contributed by atoms with Crippen LogP contribution in [0.2, 0.25) is 5.02 Å². The highest BCUT2D eigenvalue weighted by Crippen LogP contribution is 2.67. The summed E-state index contributed by atoms with van der Waals surface area (Å²) < 4.78 is 0. The summed E-state index contributed by atoms with van der Waals surface area (Å²) in [5.74, 6) is -0.922. The molecule has 0 saturated carbocycles. The van der Waals surface area contributed by atoms with Crippen molar-refractivity contribution >= 4 is 29.1 Å². The van der Waals surface area contributed by atoms with Crippen molar-refractivity contribution in [3.8, 4) is 0 Å². The molecule has 3 nitrogen and oxygen atoms in total. The number of carbonyl (C=O) groups excluding carboxylic acids is 2. The SMILES string of the molecule is Cc1ccc(N2C(=O)C3C4c5ccccc5C(c5ccccc54)C3(C)C2=O)cc1Cl. The first kappa shape index (κ1) is 17.9. The maximum absolute atomic E-state index is 13.9.